The van der Waals surface area contributed by atoms with Gasteiger partial charge in [0.15, 0.2) is 5.78 Å². The Morgan fingerprint density at radius 2 is 1.80 bits per heavy atom. The lowest BCUT2D eigenvalue weighted by atomic mass is 9.90. The van der Waals surface area contributed by atoms with Crippen LogP contribution in [0.4, 0.5) is 4.79 Å². The second-order valence-electron chi connectivity index (χ2n) is 7.09. The van der Waals surface area contributed by atoms with Gasteiger partial charge in [0.1, 0.15) is 6.04 Å². The molecule has 5 nitrogen and oxygen atoms in total. The number of benzene rings is 1. The highest BCUT2D eigenvalue weighted by atomic mass is 16.4. The molecule has 1 fully saturated rings. The Hall–Kier alpha value is -2.27. The van der Waals surface area contributed by atoms with Crippen molar-refractivity contribution in [1.82, 2.24) is 0 Å². The van der Waals surface area contributed by atoms with Gasteiger partial charge in [-0.2, -0.15) is 9.28 Å². The molecule has 5 heteroatoms. The zero-order valence-corrected chi connectivity index (χ0v) is 14.5. The SMILES string of the molecule is C[C@@H]1CCC[N+]1(C(=O)O)C(=O)C=CC(=O)c1ccc2c(c1)CCCC2. The highest BCUT2D eigenvalue weighted by molar-refractivity contribution is 6.07. The second-order valence-corrected chi connectivity index (χ2v) is 7.09. The van der Waals surface area contributed by atoms with Gasteiger partial charge >= 0.3 is 12.0 Å². The third-order valence-corrected chi connectivity index (χ3v) is 5.63. The zero-order valence-electron chi connectivity index (χ0n) is 14.5. The van der Waals surface area contributed by atoms with Gasteiger partial charge in [0.05, 0.1) is 6.54 Å². The van der Waals surface area contributed by atoms with Crippen molar-refractivity contribution in [2.24, 2.45) is 0 Å². The molecule has 3 rings (SSSR count). The molecule has 2 aliphatic rings. The smallest absolute Gasteiger partial charge is 0.435 e. The molecule has 1 heterocycles. The molecule has 132 valence electrons. The number of carboxylic acid groups (broad SMARTS) is 1. The first-order valence-corrected chi connectivity index (χ1v) is 8.95. The lowest BCUT2D eigenvalue weighted by Crippen LogP contribution is -2.57. The quantitative estimate of drug-likeness (QED) is 0.518. The molecule has 1 aromatic rings. The average Bonchev–Trinajstić information content (AvgIpc) is 3.01. The minimum Gasteiger partial charge on any atom is -0.435 e. The number of allylic oxidation sites excluding steroid dienone is 1. The predicted molar refractivity (Wildman–Crippen MR) is 93.4 cm³/mol. The van der Waals surface area contributed by atoms with Crippen molar-refractivity contribution in [3.63, 3.8) is 0 Å². The third-order valence-electron chi connectivity index (χ3n) is 5.63. The van der Waals surface area contributed by atoms with Gasteiger partial charge in [-0.15, -0.1) is 0 Å². The highest BCUT2D eigenvalue weighted by Crippen LogP contribution is 2.28. The number of quaternary nitrogens is 1. The van der Waals surface area contributed by atoms with E-state index in [4.69, 9.17) is 0 Å². The van der Waals surface area contributed by atoms with E-state index >= 15 is 0 Å². The molecule has 1 N–H and O–H groups in total. The third kappa shape index (κ3) is 3.16. The number of aryl methyl sites for hydroxylation is 2. The van der Waals surface area contributed by atoms with E-state index in [0.29, 0.717) is 18.4 Å². The molecule has 0 saturated carbocycles. The van der Waals surface area contributed by atoms with Crippen LogP contribution < -0.4 is 0 Å². The number of likely N-dealkylation sites (tertiary alicyclic amines) is 1. The molecule has 0 spiro atoms. The normalized spacial score (nSPS) is 25.7. The molecule has 2 amide bonds. The monoisotopic (exact) mass is 342 g/mol. The van der Waals surface area contributed by atoms with E-state index in [0.717, 1.165) is 25.3 Å². The van der Waals surface area contributed by atoms with Crippen LogP contribution in [0.3, 0.4) is 0 Å². The molecule has 0 bridgehead atoms. The molecule has 1 aromatic carbocycles. The summed E-state index contributed by atoms with van der Waals surface area (Å²) in [6, 6.07) is 5.42. The van der Waals surface area contributed by atoms with E-state index in [1.54, 1.807) is 13.0 Å². The number of nitrogens with zero attached hydrogens (tertiary/aromatic N) is 1. The summed E-state index contributed by atoms with van der Waals surface area (Å²) in [5.74, 6) is -0.777. The van der Waals surface area contributed by atoms with Crippen LogP contribution in [-0.4, -0.2) is 40.0 Å². The van der Waals surface area contributed by atoms with Gasteiger partial charge in [0.25, 0.3) is 0 Å². The van der Waals surface area contributed by atoms with E-state index in [-0.39, 0.29) is 18.4 Å². The standard InChI is InChI=1S/C20H23NO4/c1-14-5-4-12-21(14,20(24)25)19(23)11-10-18(22)17-9-8-15-6-2-3-7-16(15)13-17/h8-11,13-14H,2-7,12H2,1H3/p+1/t14-,21?/m1/s1. The summed E-state index contributed by atoms with van der Waals surface area (Å²) in [5, 5.41) is 9.55. The first kappa shape index (κ1) is 17.5. The van der Waals surface area contributed by atoms with Crippen LogP contribution in [-0.2, 0) is 17.6 Å². The highest BCUT2D eigenvalue weighted by Gasteiger charge is 2.51. The summed E-state index contributed by atoms with van der Waals surface area (Å²) in [5.41, 5.74) is 3.06. The summed E-state index contributed by atoms with van der Waals surface area (Å²) in [6.45, 7) is 2.06. The maximum absolute atomic E-state index is 12.5. The van der Waals surface area contributed by atoms with Gasteiger partial charge in [-0.05, 0) is 55.9 Å². The topological polar surface area (TPSA) is 71.4 Å². The zero-order chi connectivity index (χ0) is 18.0. The van der Waals surface area contributed by atoms with E-state index in [1.165, 1.54) is 23.6 Å². The second kappa shape index (κ2) is 6.92. The van der Waals surface area contributed by atoms with Crippen LogP contribution in [0.15, 0.2) is 30.4 Å². The van der Waals surface area contributed by atoms with Gasteiger partial charge in [-0.3, -0.25) is 4.79 Å². The van der Waals surface area contributed by atoms with Gasteiger partial charge in [0, 0.05) is 24.5 Å². The van der Waals surface area contributed by atoms with Crippen molar-refractivity contribution in [3.05, 3.63) is 47.0 Å². The summed E-state index contributed by atoms with van der Waals surface area (Å²) in [6.07, 6.45) is 6.98. The molecule has 25 heavy (non-hydrogen) atoms. The average molecular weight is 342 g/mol. The van der Waals surface area contributed by atoms with Crippen LogP contribution in [0.5, 0.6) is 0 Å². The van der Waals surface area contributed by atoms with E-state index in [1.807, 2.05) is 12.1 Å². The molecule has 2 atom stereocenters. The summed E-state index contributed by atoms with van der Waals surface area (Å²) < 4.78 is -0.603. The number of amides is 2. The molecular formula is C20H24NO4+. The first-order valence-electron chi connectivity index (χ1n) is 8.95. The molecule has 1 aliphatic carbocycles. The number of fused-ring (bicyclic) bond motifs is 1. The maximum atomic E-state index is 12.5. The fourth-order valence-corrected chi connectivity index (χ4v) is 4.05. The first-order chi connectivity index (χ1) is 11.9. The van der Waals surface area contributed by atoms with Crippen molar-refractivity contribution >= 4 is 17.8 Å². The van der Waals surface area contributed by atoms with Gasteiger partial charge < -0.3 is 5.11 Å². The largest absolute Gasteiger partial charge is 0.521 e. The van der Waals surface area contributed by atoms with Crippen LogP contribution >= 0.6 is 0 Å². The molecule has 1 unspecified atom stereocenters. The van der Waals surface area contributed by atoms with Crippen molar-refractivity contribution in [2.45, 2.75) is 51.5 Å². The number of imide groups is 1. The van der Waals surface area contributed by atoms with E-state index in [2.05, 4.69) is 0 Å². The van der Waals surface area contributed by atoms with Crippen LogP contribution in [0.1, 0.15) is 54.1 Å². The summed E-state index contributed by atoms with van der Waals surface area (Å²) in [7, 11) is 0. The lowest BCUT2D eigenvalue weighted by molar-refractivity contribution is -0.789. The van der Waals surface area contributed by atoms with Gasteiger partial charge in [-0.25, -0.2) is 4.79 Å². The Morgan fingerprint density at radius 1 is 1.08 bits per heavy atom. The number of hydrogen-bond donors (Lipinski definition) is 1. The van der Waals surface area contributed by atoms with E-state index in [9.17, 15) is 19.5 Å². The molecule has 1 saturated heterocycles. The van der Waals surface area contributed by atoms with Crippen LogP contribution in [0, 0.1) is 0 Å². The van der Waals surface area contributed by atoms with Crippen molar-refractivity contribution in [3.8, 4) is 0 Å². The summed E-state index contributed by atoms with van der Waals surface area (Å²) >= 11 is 0. The maximum Gasteiger partial charge on any atom is 0.521 e. The van der Waals surface area contributed by atoms with E-state index < -0.39 is 16.5 Å². The van der Waals surface area contributed by atoms with Gasteiger partial charge in [0.2, 0.25) is 0 Å². The van der Waals surface area contributed by atoms with Gasteiger partial charge in [-0.1, -0.05) is 12.1 Å². The minimum absolute atomic E-state index is 0.253. The molecule has 0 aromatic heterocycles. The molecule has 1 aliphatic heterocycles. The van der Waals surface area contributed by atoms with Crippen molar-refractivity contribution < 1.29 is 24.0 Å². The summed E-state index contributed by atoms with van der Waals surface area (Å²) in [4.78, 5) is 36.6. The number of ketones is 1. The lowest BCUT2D eigenvalue weighted by Gasteiger charge is -2.28. The Morgan fingerprint density at radius 3 is 2.44 bits per heavy atom. The fraction of sp³-hybridized carbons (Fsp3) is 0.450. The van der Waals surface area contributed by atoms with Crippen LogP contribution in [0.25, 0.3) is 0 Å². The Kier molecular flexibility index (Phi) is 4.86. The minimum atomic E-state index is -1.14. The fourth-order valence-electron chi connectivity index (χ4n) is 4.05. The Balaban J connectivity index is 1.78. The van der Waals surface area contributed by atoms with Crippen LogP contribution in [0.2, 0.25) is 0 Å². The predicted octanol–water partition coefficient (Wildman–Crippen LogP) is 3.51. The number of carbonyl (C=O) groups excluding carboxylic acids is 2. The molecule has 0 radical (unpaired) electrons. The Labute approximate surface area is 147 Å². The number of hydrogen-bond acceptors (Lipinski definition) is 3. The number of rotatable bonds is 3. The van der Waals surface area contributed by atoms with Crippen molar-refractivity contribution in [1.29, 1.82) is 0 Å². The van der Waals surface area contributed by atoms with Crippen molar-refractivity contribution in [2.75, 3.05) is 6.54 Å². The number of carbonyl (C=O) groups is 3. The Bertz CT molecular complexity index is 752. The molecular weight excluding hydrogens is 318 g/mol.